The summed E-state index contributed by atoms with van der Waals surface area (Å²) in [6.45, 7) is 5.58. The van der Waals surface area contributed by atoms with Gasteiger partial charge in [0.1, 0.15) is 0 Å². The molecule has 234 valence electrons. The molecule has 3 fully saturated rings. The summed E-state index contributed by atoms with van der Waals surface area (Å²) in [5.74, 6) is -0.876. The van der Waals surface area contributed by atoms with Gasteiger partial charge in [0.15, 0.2) is 6.29 Å². The van der Waals surface area contributed by atoms with Gasteiger partial charge in [-0.2, -0.15) is 0 Å². The van der Waals surface area contributed by atoms with Gasteiger partial charge in [-0.25, -0.2) is 0 Å². The predicted octanol–water partition coefficient (Wildman–Crippen LogP) is 5.26. The van der Waals surface area contributed by atoms with E-state index in [1.165, 1.54) is 38.8 Å². The van der Waals surface area contributed by atoms with Crippen molar-refractivity contribution in [3.05, 3.63) is 65.2 Å². The van der Waals surface area contributed by atoms with Gasteiger partial charge in [0, 0.05) is 49.6 Å². The Labute approximate surface area is 255 Å². The number of likely N-dealkylation sites (tertiary alicyclic amines) is 2. The number of ether oxygens (including phenoxy) is 2. The Kier molecular flexibility index (Phi) is 11.6. The molecule has 43 heavy (non-hydrogen) atoms. The van der Waals surface area contributed by atoms with Gasteiger partial charge >= 0.3 is 5.97 Å². The lowest BCUT2D eigenvalue weighted by Crippen LogP contribution is -2.45. The van der Waals surface area contributed by atoms with Gasteiger partial charge in [0.2, 0.25) is 5.91 Å². The lowest BCUT2D eigenvalue weighted by atomic mass is 9.99. The molecular formula is C34H47N3O6. The van der Waals surface area contributed by atoms with Crippen LogP contribution in [0.2, 0.25) is 0 Å². The van der Waals surface area contributed by atoms with Crippen molar-refractivity contribution in [1.82, 2.24) is 9.80 Å². The third-order valence-corrected chi connectivity index (χ3v) is 8.98. The number of aliphatic hydroxyl groups is 1. The summed E-state index contributed by atoms with van der Waals surface area (Å²) in [6.07, 6.45) is 7.69. The molecule has 3 aliphatic rings. The minimum atomic E-state index is -0.800. The van der Waals surface area contributed by atoms with Gasteiger partial charge in [-0.3, -0.25) is 14.5 Å². The summed E-state index contributed by atoms with van der Waals surface area (Å²) in [6, 6.07) is 16.2. The molecule has 3 N–H and O–H groups in total. The van der Waals surface area contributed by atoms with Crippen molar-refractivity contribution in [3.63, 3.8) is 0 Å². The molecule has 0 radical (unpaired) electrons. The number of carboxylic acid groups (broad SMARTS) is 1. The number of aliphatic hydroxyl groups excluding tert-OH is 1. The minimum absolute atomic E-state index is 0.0148. The first-order chi connectivity index (χ1) is 21.0. The van der Waals surface area contributed by atoms with Crippen molar-refractivity contribution in [2.75, 3.05) is 38.0 Å². The Bertz CT molecular complexity index is 1170. The van der Waals surface area contributed by atoms with E-state index in [1.54, 1.807) is 0 Å². The topological polar surface area (TPSA) is 112 Å². The minimum Gasteiger partial charge on any atom is -0.481 e. The summed E-state index contributed by atoms with van der Waals surface area (Å²) < 4.78 is 13.2. The molecule has 3 saturated heterocycles. The Morgan fingerprint density at radius 2 is 1.56 bits per heavy atom. The Hall–Kier alpha value is -2.82. The lowest BCUT2D eigenvalue weighted by molar-refractivity contribution is -0.253. The van der Waals surface area contributed by atoms with Crippen LogP contribution in [0, 0.1) is 0 Å². The second-order valence-electron chi connectivity index (χ2n) is 12.3. The van der Waals surface area contributed by atoms with E-state index in [2.05, 4.69) is 15.1 Å². The quantitative estimate of drug-likeness (QED) is 0.255. The number of benzene rings is 2. The molecule has 0 aliphatic carbocycles. The fourth-order valence-corrected chi connectivity index (χ4v) is 6.59. The van der Waals surface area contributed by atoms with Gasteiger partial charge in [-0.05, 0) is 81.4 Å². The number of unbranched alkanes of at least 4 members (excludes halogenated alkanes) is 2. The zero-order chi connectivity index (χ0) is 30.0. The molecule has 9 nitrogen and oxygen atoms in total. The van der Waals surface area contributed by atoms with Crippen molar-refractivity contribution in [3.8, 4) is 0 Å². The van der Waals surface area contributed by atoms with Gasteiger partial charge < -0.3 is 29.9 Å². The summed E-state index contributed by atoms with van der Waals surface area (Å²) in [5, 5.41) is 21.2. The first kappa shape index (κ1) is 31.6. The van der Waals surface area contributed by atoms with Crippen molar-refractivity contribution in [2.24, 2.45) is 0 Å². The monoisotopic (exact) mass is 593 g/mol. The molecule has 0 spiro atoms. The molecule has 3 heterocycles. The highest BCUT2D eigenvalue weighted by molar-refractivity contribution is 5.90. The average molecular weight is 594 g/mol. The molecule has 5 rings (SSSR count). The normalized spacial score (nSPS) is 24.8. The lowest BCUT2D eigenvalue weighted by Gasteiger charge is -2.39. The molecule has 4 unspecified atom stereocenters. The number of nitrogens with one attached hydrogen (secondary N) is 1. The Morgan fingerprint density at radius 1 is 0.837 bits per heavy atom. The van der Waals surface area contributed by atoms with E-state index < -0.39 is 12.3 Å². The number of carboxylic acids is 1. The number of nitrogens with zero attached hydrogens (tertiary/aromatic N) is 2. The highest BCUT2D eigenvalue weighted by Gasteiger charge is 2.36. The standard InChI is InChI=1S/C34H47N3O6/c38-24-25-10-12-26(13-11-25)31-21-30(23-37-20-6-7-29(37)22-36-18-4-5-19-36)42-34(43-31)27-14-16-28(17-15-27)35-32(39)8-2-1-3-9-33(40)41/h10-17,29-31,34,38H,1-9,18-24H2,(H,35,39)(H,40,41). The smallest absolute Gasteiger partial charge is 0.303 e. The van der Waals surface area contributed by atoms with E-state index in [-0.39, 0.29) is 31.1 Å². The maximum Gasteiger partial charge on any atom is 0.303 e. The number of aliphatic carboxylic acids is 1. The van der Waals surface area contributed by atoms with Crippen LogP contribution in [0.4, 0.5) is 5.69 Å². The molecule has 9 heteroatoms. The fraction of sp³-hybridized carbons (Fsp3) is 0.588. The number of amides is 1. The Morgan fingerprint density at radius 3 is 2.28 bits per heavy atom. The first-order valence-electron chi connectivity index (χ1n) is 16.1. The summed E-state index contributed by atoms with van der Waals surface area (Å²) in [5.41, 5.74) is 3.58. The molecule has 3 aliphatic heterocycles. The van der Waals surface area contributed by atoms with Crippen LogP contribution in [0.25, 0.3) is 0 Å². The maximum absolute atomic E-state index is 12.4. The predicted molar refractivity (Wildman–Crippen MR) is 164 cm³/mol. The van der Waals surface area contributed by atoms with Gasteiger partial charge in [-0.15, -0.1) is 0 Å². The van der Waals surface area contributed by atoms with Crippen molar-refractivity contribution < 1.29 is 29.3 Å². The van der Waals surface area contributed by atoms with Gasteiger partial charge in [-0.1, -0.05) is 42.8 Å². The van der Waals surface area contributed by atoms with E-state index in [4.69, 9.17) is 14.6 Å². The van der Waals surface area contributed by atoms with Crippen molar-refractivity contribution >= 4 is 17.6 Å². The van der Waals surface area contributed by atoms with Crippen LogP contribution in [0.3, 0.4) is 0 Å². The molecule has 0 bridgehead atoms. The number of hydrogen-bond donors (Lipinski definition) is 3. The van der Waals surface area contributed by atoms with Crippen LogP contribution in [-0.2, 0) is 25.7 Å². The van der Waals surface area contributed by atoms with Crippen LogP contribution in [0.5, 0.6) is 0 Å². The zero-order valence-corrected chi connectivity index (χ0v) is 25.2. The van der Waals surface area contributed by atoms with Crippen LogP contribution in [0.1, 0.15) is 93.3 Å². The van der Waals surface area contributed by atoms with Gasteiger partial charge in [0.05, 0.1) is 18.8 Å². The summed E-state index contributed by atoms with van der Waals surface area (Å²) >= 11 is 0. The summed E-state index contributed by atoms with van der Waals surface area (Å²) in [4.78, 5) is 28.3. The second-order valence-corrected chi connectivity index (χ2v) is 12.3. The van der Waals surface area contributed by atoms with E-state index in [9.17, 15) is 14.7 Å². The molecule has 2 aromatic rings. The van der Waals surface area contributed by atoms with Gasteiger partial charge in [0.25, 0.3) is 0 Å². The Balaban J connectivity index is 1.22. The van der Waals surface area contributed by atoms with Crippen LogP contribution in [0.15, 0.2) is 48.5 Å². The van der Waals surface area contributed by atoms with Crippen molar-refractivity contribution in [1.29, 1.82) is 0 Å². The second kappa shape index (κ2) is 15.8. The highest BCUT2D eigenvalue weighted by atomic mass is 16.7. The van der Waals surface area contributed by atoms with E-state index in [1.807, 2.05) is 48.5 Å². The average Bonchev–Trinajstić information content (AvgIpc) is 3.69. The maximum atomic E-state index is 12.4. The third-order valence-electron chi connectivity index (χ3n) is 8.98. The third kappa shape index (κ3) is 9.33. The fourth-order valence-electron chi connectivity index (χ4n) is 6.59. The van der Waals surface area contributed by atoms with Crippen LogP contribution >= 0.6 is 0 Å². The largest absolute Gasteiger partial charge is 0.481 e. The molecule has 0 saturated carbocycles. The number of rotatable bonds is 14. The summed E-state index contributed by atoms with van der Waals surface area (Å²) in [7, 11) is 0. The molecule has 0 aromatic heterocycles. The molecular weight excluding hydrogens is 546 g/mol. The first-order valence-corrected chi connectivity index (χ1v) is 16.1. The number of anilines is 1. The number of carbonyl (C=O) groups is 2. The van der Waals surface area contributed by atoms with E-state index in [0.29, 0.717) is 31.0 Å². The number of hydrogen-bond acceptors (Lipinski definition) is 7. The molecule has 2 aromatic carbocycles. The van der Waals surface area contributed by atoms with Crippen LogP contribution < -0.4 is 5.32 Å². The van der Waals surface area contributed by atoms with E-state index in [0.717, 1.165) is 49.2 Å². The molecule has 4 atom stereocenters. The van der Waals surface area contributed by atoms with E-state index >= 15 is 0 Å². The highest BCUT2D eigenvalue weighted by Crippen LogP contribution is 2.39. The van der Waals surface area contributed by atoms with Crippen LogP contribution in [-0.4, -0.2) is 76.8 Å². The van der Waals surface area contributed by atoms with Crippen molar-refractivity contribution in [2.45, 2.75) is 95.4 Å². The zero-order valence-electron chi connectivity index (χ0n) is 25.2. The number of carbonyl (C=O) groups excluding carboxylic acids is 1. The molecule has 1 amide bonds. The SMILES string of the molecule is O=C(O)CCCCCC(=O)Nc1ccc(C2OC(CN3CCCC3CN3CCCC3)CC(c3ccc(CO)cc3)O2)cc1.